The molecule has 1 atom stereocenters. The number of halogens is 1. The fourth-order valence-corrected chi connectivity index (χ4v) is 2.81. The molecule has 2 aromatic heterocycles. The Hall–Kier alpha value is -3.17. The van der Waals surface area contributed by atoms with Crippen molar-refractivity contribution in [2.24, 2.45) is 5.73 Å². The highest BCUT2D eigenvalue weighted by molar-refractivity contribution is 6.30. The molecule has 2 heterocycles. The van der Waals surface area contributed by atoms with Crippen LogP contribution in [0, 0.1) is 0 Å². The molecular weight excluding hydrogens is 370 g/mol. The van der Waals surface area contributed by atoms with E-state index in [2.05, 4.69) is 20.4 Å². The predicted molar refractivity (Wildman–Crippen MR) is 102 cm³/mol. The molecular formula is C17H18ClN7O2. The van der Waals surface area contributed by atoms with Gasteiger partial charge in [0.25, 0.3) is 5.91 Å². The summed E-state index contributed by atoms with van der Waals surface area (Å²) in [6.07, 6.45) is 5.81. The molecule has 27 heavy (non-hydrogen) atoms. The molecule has 3 aromatic rings. The van der Waals surface area contributed by atoms with E-state index in [0.29, 0.717) is 16.5 Å². The largest absolute Gasteiger partial charge is 0.497 e. The summed E-state index contributed by atoms with van der Waals surface area (Å²) in [7, 11) is 1.56. The van der Waals surface area contributed by atoms with Crippen LogP contribution in [0.4, 0.5) is 11.5 Å². The molecule has 0 aliphatic rings. The number of hydrogen-bond acceptors (Lipinski definition) is 7. The molecule has 0 radical (unpaired) electrons. The van der Waals surface area contributed by atoms with Gasteiger partial charge in [-0.15, -0.1) is 0 Å². The van der Waals surface area contributed by atoms with Crippen molar-refractivity contribution in [1.29, 1.82) is 0 Å². The lowest BCUT2D eigenvalue weighted by molar-refractivity contribution is 0.102. The second kappa shape index (κ2) is 8.02. The number of benzene rings is 1. The number of nitrogens with two attached hydrogens (primary N) is 2. The molecule has 0 saturated heterocycles. The van der Waals surface area contributed by atoms with Crippen molar-refractivity contribution in [1.82, 2.24) is 19.7 Å². The van der Waals surface area contributed by atoms with Crippen LogP contribution in [0.2, 0.25) is 5.02 Å². The lowest BCUT2D eigenvalue weighted by atomic mass is 10.1. The second-order valence-corrected chi connectivity index (χ2v) is 6.10. The number of carbonyl (C=O) groups excluding carboxylic acids is 1. The van der Waals surface area contributed by atoms with Gasteiger partial charge in [0.15, 0.2) is 0 Å². The third kappa shape index (κ3) is 4.15. The zero-order valence-electron chi connectivity index (χ0n) is 14.5. The Bertz CT molecular complexity index is 960. The van der Waals surface area contributed by atoms with Gasteiger partial charge in [0, 0.05) is 24.0 Å². The fourth-order valence-electron chi connectivity index (χ4n) is 2.58. The van der Waals surface area contributed by atoms with Gasteiger partial charge in [-0.3, -0.25) is 9.48 Å². The molecule has 0 spiro atoms. The topological polar surface area (TPSA) is 134 Å². The molecule has 1 unspecified atom stereocenters. The molecule has 1 amide bonds. The van der Waals surface area contributed by atoms with Crippen LogP contribution in [0.5, 0.6) is 5.75 Å². The lowest BCUT2D eigenvalue weighted by Crippen LogP contribution is -2.21. The highest BCUT2D eigenvalue weighted by Crippen LogP contribution is 2.27. The van der Waals surface area contributed by atoms with Gasteiger partial charge in [0.2, 0.25) is 0 Å². The van der Waals surface area contributed by atoms with E-state index in [1.165, 1.54) is 18.7 Å². The Balaban J connectivity index is 1.82. The van der Waals surface area contributed by atoms with Crippen LogP contribution < -0.4 is 21.5 Å². The third-order valence-electron chi connectivity index (χ3n) is 3.90. The maximum absolute atomic E-state index is 12.3. The Morgan fingerprint density at radius 1 is 1.37 bits per heavy atom. The number of nitrogens with one attached hydrogen (secondary N) is 1. The van der Waals surface area contributed by atoms with Crippen molar-refractivity contribution in [3.63, 3.8) is 0 Å². The van der Waals surface area contributed by atoms with E-state index >= 15 is 0 Å². The molecule has 140 valence electrons. The quantitative estimate of drug-likeness (QED) is 0.586. The van der Waals surface area contributed by atoms with E-state index in [0.717, 1.165) is 5.56 Å². The van der Waals surface area contributed by atoms with Gasteiger partial charge < -0.3 is 21.5 Å². The zero-order chi connectivity index (χ0) is 19.4. The highest BCUT2D eigenvalue weighted by Gasteiger charge is 2.17. The molecule has 3 rings (SSSR count). The standard InChI is InChI=1S/C17H18ClN7O2/c1-27-13-3-10(2-11(18)4-13)15(5-19)25-8-12(6-23-25)24-17(26)14-7-21-9-22-16(14)20/h2-4,6-9,15H,5,19H2,1H3,(H,24,26)(H2,20,21,22). The monoisotopic (exact) mass is 387 g/mol. The number of carbonyl (C=O) groups is 1. The number of ether oxygens (including phenoxy) is 1. The summed E-state index contributed by atoms with van der Waals surface area (Å²) in [5.41, 5.74) is 13.1. The summed E-state index contributed by atoms with van der Waals surface area (Å²) in [5.74, 6) is 0.290. The SMILES string of the molecule is COc1cc(Cl)cc(C(CN)n2cc(NC(=O)c3cncnc3N)cn2)c1. The summed E-state index contributed by atoms with van der Waals surface area (Å²) in [6, 6.07) is 5.06. The van der Waals surface area contributed by atoms with Crippen LogP contribution in [-0.2, 0) is 0 Å². The van der Waals surface area contributed by atoms with Crippen molar-refractivity contribution in [2.75, 3.05) is 24.7 Å². The van der Waals surface area contributed by atoms with Gasteiger partial charge in [0.1, 0.15) is 23.5 Å². The average molecular weight is 388 g/mol. The molecule has 0 saturated carbocycles. The molecule has 1 aromatic carbocycles. The van der Waals surface area contributed by atoms with Crippen molar-refractivity contribution in [2.45, 2.75) is 6.04 Å². The van der Waals surface area contributed by atoms with Crippen LogP contribution in [0.3, 0.4) is 0 Å². The van der Waals surface area contributed by atoms with Gasteiger partial charge in [0.05, 0.1) is 25.0 Å². The second-order valence-electron chi connectivity index (χ2n) is 5.66. The van der Waals surface area contributed by atoms with Crippen LogP contribution in [0.15, 0.2) is 43.1 Å². The van der Waals surface area contributed by atoms with Gasteiger partial charge in [-0.2, -0.15) is 5.10 Å². The van der Waals surface area contributed by atoms with Gasteiger partial charge >= 0.3 is 0 Å². The number of hydrogen-bond donors (Lipinski definition) is 3. The Labute approximate surface area is 160 Å². The summed E-state index contributed by atoms with van der Waals surface area (Å²) in [5, 5.41) is 7.53. The van der Waals surface area contributed by atoms with E-state index in [1.54, 1.807) is 30.1 Å². The fraction of sp³-hybridized carbons (Fsp3) is 0.176. The van der Waals surface area contributed by atoms with Gasteiger partial charge in [-0.05, 0) is 23.8 Å². The van der Waals surface area contributed by atoms with Crippen molar-refractivity contribution in [3.05, 3.63) is 59.3 Å². The molecule has 9 nitrogen and oxygen atoms in total. The van der Waals surface area contributed by atoms with Gasteiger partial charge in [-0.1, -0.05) is 11.6 Å². The average Bonchev–Trinajstić information content (AvgIpc) is 3.10. The number of aromatic nitrogens is 4. The summed E-state index contributed by atoms with van der Waals surface area (Å²) in [6.45, 7) is 0.276. The minimum Gasteiger partial charge on any atom is -0.497 e. The highest BCUT2D eigenvalue weighted by atomic mass is 35.5. The number of nitrogen functional groups attached to an aromatic ring is 1. The first-order valence-electron chi connectivity index (χ1n) is 7.97. The maximum Gasteiger partial charge on any atom is 0.261 e. The predicted octanol–water partition coefficient (Wildman–Crippen LogP) is 1.72. The minimum atomic E-state index is -0.429. The van der Waals surface area contributed by atoms with E-state index in [1.807, 2.05) is 6.07 Å². The lowest BCUT2D eigenvalue weighted by Gasteiger charge is -2.17. The Kier molecular flexibility index (Phi) is 5.53. The van der Waals surface area contributed by atoms with E-state index in [-0.39, 0.29) is 24.0 Å². The summed E-state index contributed by atoms with van der Waals surface area (Å²) >= 11 is 6.14. The minimum absolute atomic E-state index is 0.0979. The molecule has 5 N–H and O–H groups in total. The van der Waals surface area contributed by atoms with Gasteiger partial charge in [-0.25, -0.2) is 9.97 Å². The zero-order valence-corrected chi connectivity index (χ0v) is 15.2. The molecule has 0 fully saturated rings. The molecule has 0 aliphatic carbocycles. The Morgan fingerprint density at radius 3 is 2.89 bits per heavy atom. The van der Waals surface area contributed by atoms with Crippen molar-refractivity contribution >= 4 is 29.0 Å². The van der Waals surface area contributed by atoms with E-state index in [9.17, 15) is 4.79 Å². The van der Waals surface area contributed by atoms with Crippen LogP contribution in [0.1, 0.15) is 22.0 Å². The number of amides is 1. The number of methoxy groups -OCH3 is 1. The van der Waals surface area contributed by atoms with Crippen LogP contribution in [0.25, 0.3) is 0 Å². The third-order valence-corrected chi connectivity index (χ3v) is 4.12. The first-order valence-corrected chi connectivity index (χ1v) is 8.35. The maximum atomic E-state index is 12.3. The van der Waals surface area contributed by atoms with Crippen molar-refractivity contribution < 1.29 is 9.53 Å². The molecule has 0 aliphatic heterocycles. The van der Waals surface area contributed by atoms with Crippen LogP contribution >= 0.6 is 11.6 Å². The van der Waals surface area contributed by atoms with Crippen LogP contribution in [-0.4, -0.2) is 39.3 Å². The number of rotatable bonds is 6. The Morgan fingerprint density at radius 2 is 2.19 bits per heavy atom. The number of nitrogens with zero attached hydrogens (tertiary/aromatic N) is 4. The molecule has 0 bridgehead atoms. The normalized spacial score (nSPS) is 11.8. The number of anilines is 2. The smallest absolute Gasteiger partial charge is 0.261 e. The van der Waals surface area contributed by atoms with Crippen molar-refractivity contribution in [3.8, 4) is 5.75 Å². The molecule has 10 heteroatoms. The first kappa shape index (κ1) is 18.6. The first-order chi connectivity index (χ1) is 13.0. The van der Waals surface area contributed by atoms with E-state index in [4.69, 9.17) is 27.8 Å². The summed E-state index contributed by atoms with van der Waals surface area (Å²) < 4.78 is 6.89. The summed E-state index contributed by atoms with van der Waals surface area (Å²) in [4.78, 5) is 19.9. The van der Waals surface area contributed by atoms with E-state index < -0.39 is 5.91 Å².